The smallest absolute Gasteiger partial charge is 0.129 e. The molecule has 0 atom stereocenters. The Kier molecular flexibility index (Phi) is 2.93. The minimum absolute atomic E-state index is 0.494. The van der Waals surface area contributed by atoms with Gasteiger partial charge in [0.2, 0.25) is 0 Å². The van der Waals surface area contributed by atoms with E-state index in [2.05, 4.69) is 10.1 Å². The van der Waals surface area contributed by atoms with Crippen molar-refractivity contribution >= 4 is 23.2 Å². The van der Waals surface area contributed by atoms with E-state index in [1.807, 2.05) is 17.7 Å². The van der Waals surface area contributed by atoms with Crippen molar-refractivity contribution in [1.82, 2.24) is 14.8 Å². The molecule has 3 nitrogen and oxygen atoms in total. The van der Waals surface area contributed by atoms with Crippen LogP contribution in [0.3, 0.4) is 0 Å². The number of pyridine rings is 1. The molecule has 0 unspecified atom stereocenters. The van der Waals surface area contributed by atoms with Crippen molar-refractivity contribution in [3.8, 4) is 0 Å². The number of hydrogen-bond acceptors (Lipinski definition) is 2. The van der Waals surface area contributed by atoms with Crippen LogP contribution < -0.4 is 0 Å². The van der Waals surface area contributed by atoms with Gasteiger partial charge in [0, 0.05) is 6.20 Å². The Labute approximate surface area is 97.7 Å². The zero-order chi connectivity index (χ0) is 10.8. The molecule has 0 aliphatic heterocycles. The predicted octanol–water partition coefficient (Wildman–Crippen LogP) is 2.94. The fraction of sp³-hybridized carbons (Fsp3) is 0.200. The molecule has 0 saturated carbocycles. The highest BCUT2D eigenvalue weighted by Gasteiger charge is 2.04. The van der Waals surface area contributed by atoms with Crippen LogP contribution in [0.25, 0.3) is 0 Å². The van der Waals surface area contributed by atoms with E-state index in [0.717, 1.165) is 11.3 Å². The average molecular weight is 242 g/mol. The second-order valence-corrected chi connectivity index (χ2v) is 4.02. The lowest BCUT2D eigenvalue weighted by atomic mass is 10.3. The first-order chi connectivity index (χ1) is 7.16. The highest BCUT2D eigenvalue weighted by atomic mass is 35.5. The monoisotopic (exact) mass is 241 g/mol. The van der Waals surface area contributed by atoms with Crippen molar-refractivity contribution in [1.29, 1.82) is 0 Å². The number of aromatic nitrogens is 3. The molecular formula is C10H9Cl2N3. The van der Waals surface area contributed by atoms with Crippen molar-refractivity contribution in [2.24, 2.45) is 0 Å². The van der Waals surface area contributed by atoms with Gasteiger partial charge < -0.3 is 0 Å². The number of nitrogens with zero attached hydrogens (tertiary/aromatic N) is 3. The maximum absolute atomic E-state index is 5.90. The molecule has 0 aliphatic carbocycles. The maximum Gasteiger partial charge on any atom is 0.129 e. The van der Waals surface area contributed by atoms with Gasteiger partial charge in [0.05, 0.1) is 23.5 Å². The third kappa shape index (κ3) is 2.30. The molecule has 0 aromatic carbocycles. The standard InChI is InChI=1S/C10H9Cl2N3/c1-7-9(11)5-14-15(7)6-8-2-3-10(12)13-4-8/h2-5H,6H2,1H3. The normalized spacial score (nSPS) is 10.6. The van der Waals surface area contributed by atoms with Gasteiger partial charge in [-0.05, 0) is 18.6 Å². The molecule has 2 heterocycles. The Bertz CT molecular complexity index is 462. The summed E-state index contributed by atoms with van der Waals surface area (Å²) >= 11 is 11.6. The summed E-state index contributed by atoms with van der Waals surface area (Å²) in [5.74, 6) is 0. The first-order valence-corrected chi connectivity index (χ1v) is 5.21. The zero-order valence-corrected chi connectivity index (χ0v) is 9.63. The molecule has 0 fully saturated rings. The largest absolute Gasteiger partial charge is 0.264 e. The van der Waals surface area contributed by atoms with Gasteiger partial charge >= 0.3 is 0 Å². The second-order valence-electron chi connectivity index (χ2n) is 3.22. The molecule has 2 rings (SSSR count). The van der Waals surface area contributed by atoms with E-state index in [-0.39, 0.29) is 0 Å². The Balaban J connectivity index is 2.22. The summed E-state index contributed by atoms with van der Waals surface area (Å²) in [6, 6.07) is 3.68. The summed E-state index contributed by atoms with van der Waals surface area (Å²) in [4.78, 5) is 4.00. The lowest BCUT2D eigenvalue weighted by Crippen LogP contribution is -2.03. The topological polar surface area (TPSA) is 30.7 Å². The Morgan fingerprint density at radius 2 is 2.07 bits per heavy atom. The van der Waals surface area contributed by atoms with Crippen LogP contribution in [0.15, 0.2) is 24.5 Å². The van der Waals surface area contributed by atoms with E-state index < -0.39 is 0 Å². The van der Waals surface area contributed by atoms with E-state index in [9.17, 15) is 0 Å². The van der Waals surface area contributed by atoms with Crippen LogP contribution in [-0.4, -0.2) is 14.8 Å². The van der Waals surface area contributed by atoms with Gasteiger partial charge in [0.25, 0.3) is 0 Å². The first-order valence-electron chi connectivity index (χ1n) is 4.45. The van der Waals surface area contributed by atoms with Crippen molar-refractivity contribution in [2.45, 2.75) is 13.5 Å². The number of rotatable bonds is 2. The minimum atomic E-state index is 0.494. The third-order valence-corrected chi connectivity index (χ3v) is 2.76. The molecule has 0 spiro atoms. The SMILES string of the molecule is Cc1c(Cl)cnn1Cc1ccc(Cl)nc1. The Morgan fingerprint density at radius 1 is 1.27 bits per heavy atom. The molecule has 0 N–H and O–H groups in total. The van der Waals surface area contributed by atoms with Gasteiger partial charge in [-0.1, -0.05) is 29.3 Å². The molecule has 0 saturated heterocycles. The van der Waals surface area contributed by atoms with Crippen molar-refractivity contribution in [2.75, 3.05) is 0 Å². The van der Waals surface area contributed by atoms with Gasteiger partial charge in [-0.25, -0.2) is 4.98 Å². The average Bonchev–Trinajstić information content (AvgIpc) is 2.53. The van der Waals surface area contributed by atoms with Crippen molar-refractivity contribution in [3.63, 3.8) is 0 Å². The summed E-state index contributed by atoms with van der Waals surface area (Å²) < 4.78 is 1.83. The zero-order valence-electron chi connectivity index (χ0n) is 8.11. The number of halogens is 2. The molecule has 0 aliphatic rings. The van der Waals surface area contributed by atoms with Crippen LogP contribution in [-0.2, 0) is 6.54 Å². The van der Waals surface area contributed by atoms with E-state index in [1.165, 1.54) is 0 Å². The van der Waals surface area contributed by atoms with Gasteiger partial charge in [0.15, 0.2) is 0 Å². The number of hydrogen-bond donors (Lipinski definition) is 0. The van der Waals surface area contributed by atoms with E-state index >= 15 is 0 Å². The lowest BCUT2D eigenvalue weighted by Gasteiger charge is -2.04. The van der Waals surface area contributed by atoms with Gasteiger partial charge in [-0.3, -0.25) is 4.68 Å². The molecule has 0 radical (unpaired) electrons. The molecule has 0 bridgehead atoms. The fourth-order valence-corrected chi connectivity index (χ4v) is 1.51. The molecule has 2 aromatic rings. The molecular weight excluding hydrogens is 233 g/mol. The third-order valence-electron chi connectivity index (χ3n) is 2.16. The molecule has 78 valence electrons. The summed E-state index contributed by atoms with van der Waals surface area (Å²) in [7, 11) is 0. The summed E-state index contributed by atoms with van der Waals surface area (Å²) in [6.45, 7) is 2.58. The Morgan fingerprint density at radius 3 is 2.60 bits per heavy atom. The van der Waals surface area contributed by atoms with Crippen LogP contribution in [0.4, 0.5) is 0 Å². The quantitative estimate of drug-likeness (QED) is 0.758. The molecule has 15 heavy (non-hydrogen) atoms. The van der Waals surface area contributed by atoms with Crippen molar-refractivity contribution in [3.05, 3.63) is 46.0 Å². The fourth-order valence-electron chi connectivity index (χ4n) is 1.26. The predicted molar refractivity (Wildman–Crippen MR) is 60.3 cm³/mol. The molecule has 5 heteroatoms. The lowest BCUT2D eigenvalue weighted by molar-refractivity contribution is 0.663. The Hall–Kier alpha value is -1.06. The highest BCUT2D eigenvalue weighted by Crippen LogP contribution is 2.15. The van der Waals surface area contributed by atoms with E-state index in [1.54, 1.807) is 18.5 Å². The van der Waals surface area contributed by atoms with Crippen LogP contribution in [0, 0.1) is 6.92 Å². The summed E-state index contributed by atoms with van der Waals surface area (Å²) in [6.07, 6.45) is 3.37. The van der Waals surface area contributed by atoms with Crippen LogP contribution in [0.5, 0.6) is 0 Å². The van der Waals surface area contributed by atoms with Crippen LogP contribution in [0.1, 0.15) is 11.3 Å². The highest BCUT2D eigenvalue weighted by molar-refractivity contribution is 6.31. The second kappa shape index (κ2) is 4.21. The summed E-state index contributed by atoms with van der Waals surface area (Å²) in [5, 5.41) is 5.33. The minimum Gasteiger partial charge on any atom is -0.264 e. The molecule has 0 amide bonds. The summed E-state index contributed by atoms with van der Waals surface area (Å²) in [5.41, 5.74) is 1.99. The first kappa shape index (κ1) is 10.5. The van der Waals surface area contributed by atoms with E-state index in [0.29, 0.717) is 16.7 Å². The van der Waals surface area contributed by atoms with Gasteiger partial charge in [-0.2, -0.15) is 5.10 Å². The van der Waals surface area contributed by atoms with Crippen LogP contribution in [0.2, 0.25) is 10.2 Å². The maximum atomic E-state index is 5.90. The van der Waals surface area contributed by atoms with Gasteiger partial charge in [0.1, 0.15) is 5.15 Å². The molecule has 2 aromatic heterocycles. The van der Waals surface area contributed by atoms with Gasteiger partial charge in [-0.15, -0.1) is 0 Å². The van der Waals surface area contributed by atoms with E-state index in [4.69, 9.17) is 23.2 Å². The van der Waals surface area contributed by atoms with Crippen molar-refractivity contribution < 1.29 is 0 Å². The van der Waals surface area contributed by atoms with Crippen LogP contribution >= 0.6 is 23.2 Å².